The van der Waals surface area contributed by atoms with Gasteiger partial charge in [0.1, 0.15) is 0 Å². The van der Waals surface area contributed by atoms with Crippen LogP contribution in [0.3, 0.4) is 0 Å². The van der Waals surface area contributed by atoms with Crippen LogP contribution in [-0.4, -0.2) is 31.5 Å². The second-order valence-corrected chi connectivity index (χ2v) is 16.1. The van der Waals surface area contributed by atoms with Crippen molar-refractivity contribution in [2.45, 2.75) is 80.1 Å². The van der Waals surface area contributed by atoms with E-state index in [1.807, 2.05) is 12.1 Å². The van der Waals surface area contributed by atoms with Crippen LogP contribution in [0.2, 0.25) is 0 Å². The lowest BCUT2D eigenvalue weighted by molar-refractivity contribution is 0.0994. The fraction of sp³-hybridized carbons (Fsp3) is 0.240. The van der Waals surface area contributed by atoms with Crippen LogP contribution >= 0.6 is 0 Å². The smallest absolute Gasteiger partial charge is 0.186 e. The highest BCUT2D eigenvalue weighted by molar-refractivity contribution is 6.22. The quantitative estimate of drug-likeness (QED) is 0.181. The highest BCUT2D eigenvalue weighted by Crippen LogP contribution is 2.52. The minimum atomic E-state index is -0.179. The Bertz CT molecular complexity index is 2980. The maximum absolute atomic E-state index is 13.2. The highest BCUT2D eigenvalue weighted by atomic mass is 16.1. The first-order valence-electron chi connectivity index (χ1n) is 19.9. The number of fused-ring (bicyclic) bond motifs is 11. The van der Waals surface area contributed by atoms with Crippen LogP contribution in [-0.2, 0) is 6.42 Å². The molecule has 0 saturated heterocycles. The van der Waals surface area contributed by atoms with Gasteiger partial charge >= 0.3 is 0 Å². The first-order valence-corrected chi connectivity index (χ1v) is 19.9. The molecule has 0 spiro atoms. The number of nitrogens with zero attached hydrogens (tertiary/aromatic N) is 2. The third-order valence-electron chi connectivity index (χ3n) is 13.2. The number of carbonyl (C=O) groups is 2. The van der Waals surface area contributed by atoms with Crippen molar-refractivity contribution in [3.05, 3.63) is 151 Å². The summed E-state index contributed by atoms with van der Waals surface area (Å²) >= 11 is 0. The lowest BCUT2D eigenvalue weighted by Crippen LogP contribution is -2.17. The molecule has 276 valence electrons. The van der Waals surface area contributed by atoms with Gasteiger partial charge in [0.25, 0.3) is 0 Å². The van der Waals surface area contributed by atoms with Crippen molar-refractivity contribution in [2.75, 3.05) is 0 Å². The van der Waals surface area contributed by atoms with Crippen molar-refractivity contribution in [1.29, 1.82) is 0 Å². The molecule has 10 bridgehead atoms. The topological polar surface area (TPSA) is 91.5 Å². The van der Waals surface area contributed by atoms with Gasteiger partial charge in [-0.2, -0.15) is 0 Å². The molecule has 0 fully saturated rings. The maximum atomic E-state index is 13.2. The monoisotopic (exact) mass is 732 g/mol. The summed E-state index contributed by atoms with van der Waals surface area (Å²) in [5, 5.41) is 0. The van der Waals surface area contributed by atoms with Crippen LogP contribution in [0.25, 0.3) is 55.5 Å². The Kier molecular flexibility index (Phi) is 7.47. The van der Waals surface area contributed by atoms with Gasteiger partial charge < -0.3 is 9.97 Å². The molecule has 0 saturated carbocycles. The third-order valence-corrected chi connectivity index (χ3v) is 13.2. The number of aromatic nitrogens is 4. The van der Waals surface area contributed by atoms with E-state index < -0.39 is 0 Å². The molecule has 3 aromatic heterocycles. The Morgan fingerprint density at radius 3 is 1.84 bits per heavy atom. The number of aryl methyl sites for hydroxylation is 4. The minimum Gasteiger partial charge on any atom is -0.355 e. The second-order valence-electron chi connectivity index (χ2n) is 16.1. The maximum Gasteiger partial charge on any atom is 0.186 e. The van der Waals surface area contributed by atoms with Crippen LogP contribution in [0, 0.1) is 20.8 Å². The normalized spacial score (nSPS) is 17.9. The number of carbonyl (C=O) groups excluding carboxylic acids is 2. The zero-order valence-corrected chi connectivity index (χ0v) is 33.2. The van der Waals surface area contributed by atoms with Crippen LogP contribution < -0.4 is 0 Å². The van der Waals surface area contributed by atoms with E-state index in [-0.39, 0.29) is 23.4 Å². The van der Waals surface area contributed by atoms with Gasteiger partial charge in [-0.15, -0.1) is 0 Å². The van der Waals surface area contributed by atoms with Crippen molar-refractivity contribution in [2.24, 2.45) is 0 Å². The molecule has 0 amide bonds. The SMILES string of the molecule is CCC1=C(C)c2cc3nc(c4c5[nH]c(cc6[nH]c(c(CC)c6C)c(-c6ccc(C)cc6)c1n2)c(C)c5C1C=CC4c2cc4c(cc21)C(=O)C=CC4=O)C(C)=C3C. The van der Waals surface area contributed by atoms with Crippen molar-refractivity contribution in [3.8, 4) is 11.1 Å². The molecule has 5 heterocycles. The minimum absolute atomic E-state index is 0.106. The standard InChI is InChI=1S/C50H44N4O2/c1-9-30-26(6)39-21-38-24(4)25(5)47(51-38)46-33-16-15-32(34-19-36-37(20-35(33)34)43(56)18-17-42(36)55)44-28(8)41(54-50(44)46)22-40-27(7)31(10-2)49(53-40)45(48(30)52-39)29-13-11-23(3)12-14-29/h11-22,32-33,53-54H,9-10H2,1-8H3. The van der Waals surface area contributed by atoms with Gasteiger partial charge in [-0.3, -0.25) is 9.59 Å². The molecular weight excluding hydrogens is 689 g/mol. The third kappa shape index (κ3) is 4.68. The molecular formula is C50H44N4O2. The molecule has 2 aromatic carbocycles. The van der Waals surface area contributed by atoms with E-state index >= 15 is 0 Å². The van der Waals surface area contributed by atoms with Crippen LogP contribution in [0.4, 0.5) is 0 Å². The number of nitrogens with one attached hydrogen (secondary N) is 2. The summed E-state index contributed by atoms with van der Waals surface area (Å²) in [6.45, 7) is 17.6. The van der Waals surface area contributed by atoms with Crippen molar-refractivity contribution >= 4 is 55.9 Å². The van der Waals surface area contributed by atoms with Gasteiger partial charge in [0, 0.05) is 50.6 Å². The molecule has 5 aromatic rings. The Morgan fingerprint density at radius 1 is 0.607 bits per heavy atom. The number of rotatable bonds is 3. The molecule has 10 rings (SSSR count). The zero-order valence-electron chi connectivity index (χ0n) is 33.2. The fourth-order valence-corrected chi connectivity index (χ4v) is 9.93. The van der Waals surface area contributed by atoms with E-state index in [0.717, 1.165) is 102 Å². The lowest BCUT2D eigenvalue weighted by atomic mass is 9.76. The number of H-pyrrole nitrogens is 2. The molecule has 0 radical (unpaired) electrons. The lowest BCUT2D eigenvalue weighted by Gasteiger charge is -2.26. The summed E-state index contributed by atoms with van der Waals surface area (Å²) in [5.41, 5.74) is 25.2. The Labute approximate surface area is 326 Å². The Balaban J connectivity index is 1.40. The van der Waals surface area contributed by atoms with Crippen molar-refractivity contribution in [1.82, 2.24) is 19.9 Å². The van der Waals surface area contributed by atoms with E-state index in [0.29, 0.717) is 11.1 Å². The van der Waals surface area contributed by atoms with E-state index in [9.17, 15) is 9.59 Å². The van der Waals surface area contributed by atoms with E-state index in [1.54, 1.807) is 0 Å². The molecule has 56 heavy (non-hydrogen) atoms. The van der Waals surface area contributed by atoms with Crippen LogP contribution in [0.15, 0.2) is 72.8 Å². The van der Waals surface area contributed by atoms with Crippen molar-refractivity contribution < 1.29 is 9.59 Å². The van der Waals surface area contributed by atoms with Gasteiger partial charge in [-0.05, 0) is 152 Å². The van der Waals surface area contributed by atoms with Gasteiger partial charge in [0.05, 0.1) is 28.3 Å². The first kappa shape index (κ1) is 34.4. The van der Waals surface area contributed by atoms with Crippen molar-refractivity contribution in [3.63, 3.8) is 0 Å². The predicted molar refractivity (Wildman–Crippen MR) is 228 cm³/mol. The summed E-state index contributed by atoms with van der Waals surface area (Å²) in [5.74, 6) is -0.541. The van der Waals surface area contributed by atoms with E-state index in [4.69, 9.17) is 9.97 Å². The van der Waals surface area contributed by atoms with Gasteiger partial charge in [0.15, 0.2) is 11.6 Å². The second kappa shape index (κ2) is 12.2. The Morgan fingerprint density at radius 2 is 1.20 bits per heavy atom. The molecule has 2 atom stereocenters. The molecule has 2 aliphatic heterocycles. The van der Waals surface area contributed by atoms with Crippen LogP contribution in [0.5, 0.6) is 0 Å². The molecule has 6 heteroatoms. The molecule has 3 aliphatic carbocycles. The predicted octanol–water partition coefficient (Wildman–Crippen LogP) is 11.8. The number of hydrogen-bond acceptors (Lipinski definition) is 4. The summed E-state index contributed by atoms with van der Waals surface area (Å²) in [7, 11) is 0. The molecule has 6 nitrogen and oxygen atoms in total. The van der Waals surface area contributed by atoms with E-state index in [2.05, 4.69) is 114 Å². The molecule has 2 unspecified atom stereocenters. The number of benzene rings is 2. The number of aromatic amines is 2. The van der Waals surface area contributed by atoms with E-state index in [1.165, 1.54) is 45.6 Å². The Hall–Kier alpha value is -6.14. The summed E-state index contributed by atoms with van der Waals surface area (Å²) in [6, 6.07) is 17.3. The average Bonchev–Trinajstić information content (AvgIpc) is 3.81. The number of hydrogen-bond donors (Lipinski definition) is 2. The highest BCUT2D eigenvalue weighted by Gasteiger charge is 2.38. The summed E-state index contributed by atoms with van der Waals surface area (Å²) in [6.07, 6.45) is 9.09. The van der Waals surface area contributed by atoms with Gasteiger partial charge in [0.2, 0.25) is 0 Å². The average molecular weight is 733 g/mol. The van der Waals surface area contributed by atoms with Gasteiger partial charge in [-0.1, -0.05) is 55.8 Å². The summed E-state index contributed by atoms with van der Waals surface area (Å²) < 4.78 is 0. The zero-order chi connectivity index (χ0) is 38.9. The molecule has 2 N–H and O–H groups in total. The first-order chi connectivity index (χ1) is 27.0. The van der Waals surface area contributed by atoms with Crippen LogP contribution in [0.1, 0.15) is 141 Å². The fourth-order valence-electron chi connectivity index (χ4n) is 9.93. The largest absolute Gasteiger partial charge is 0.355 e. The van der Waals surface area contributed by atoms with Gasteiger partial charge in [-0.25, -0.2) is 9.97 Å². The molecule has 5 aliphatic rings. The number of ketones is 2. The number of allylic oxidation sites excluding steroid dienone is 8. The summed E-state index contributed by atoms with van der Waals surface area (Å²) in [4.78, 5) is 45.4.